The quantitative estimate of drug-likeness (QED) is 0.888. The number of rotatable bonds is 4. The molecule has 0 amide bonds. The summed E-state index contributed by atoms with van der Waals surface area (Å²) in [5.74, 6) is 0.989. The zero-order valence-corrected chi connectivity index (χ0v) is 12.5. The van der Waals surface area contributed by atoms with E-state index in [4.69, 9.17) is 4.98 Å². The van der Waals surface area contributed by atoms with Crippen LogP contribution in [0.5, 0.6) is 0 Å². The minimum atomic E-state index is 0.0122. The Bertz CT molecular complexity index is 609. The third-order valence-electron chi connectivity index (χ3n) is 3.44. The first kappa shape index (κ1) is 13.4. The first-order chi connectivity index (χ1) is 9.51. The normalized spacial score (nSPS) is 15.6. The van der Waals surface area contributed by atoms with Crippen molar-refractivity contribution in [1.29, 1.82) is 0 Å². The van der Waals surface area contributed by atoms with Gasteiger partial charge < -0.3 is 10.6 Å². The molecule has 2 N–H and O–H groups in total. The van der Waals surface area contributed by atoms with Gasteiger partial charge in [0.15, 0.2) is 0 Å². The van der Waals surface area contributed by atoms with Crippen molar-refractivity contribution in [3.05, 3.63) is 36.0 Å². The maximum Gasteiger partial charge on any atom is 0.134 e. The minimum Gasteiger partial charge on any atom is -0.365 e. The number of aromatic nitrogens is 1. The molecule has 0 aliphatic heterocycles. The van der Waals surface area contributed by atoms with Crippen LogP contribution in [0.25, 0.3) is 10.8 Å². The molecule has 3 heteroatoms. The van der Waals surface area contributed by atoms with E-state index < -0.39 is 0 Å². The first-order valence-corrected chi connectivity index (χ1v) is 7.41. The van der Waals surface area contributed by atoms with E-state index >= 15 is 0 Å². The second-order valence-electron chi connectivity index (χ2n) is 6.71. The molecule has 106 valence electrons. The number of fused-ring (bicyclic) bond motifs is 1. The zero-order chi connectivity index (χ0) is 14.2. The monoisotopic (exact) mass is 269 g/mol. The third-order valence-corrected chi connectivity index (χ3v) is 3.44. The molecule has 0 radical (unpaired) electrons. The summed E-state index contributed by atoms with van der Waals surface area (Å²) < 4.78 is 0. The number of pyridine rings is 1. The van der Waals surface area contributed by atoms with E-state index in [0.29, 0.717) is 6.04 Å². The number of hydrogen-bond acceptors (Lipinski definition) is 3. The highest BCUT2D eigenvalue weighted by Crippen LogP contribution is 2.26. The summed E-state index contributed by atoms with van der Waals surface area (Å²) in [6, 6.07) is 11.3. The summed E-state index contributed by atoms with van der Waals surface area (Å²) in [7, 11) is 0. The molecule has 0 atom stereocenters. The van der Waals surface area contributed by atoms with Gasteiger partial charge in [0.2, 0.25) is 0 Å². The lowest BCUT2D eigenvalue weighted by molar-refractivity contribution is 0.628. The second kappa shape index (κ2) is 5.06. The predicted molar refractivity (Wildman–Crippen MR) is 85.0 cm³/mol. The molecule has 3 rings (SSSR count). The van der Waals surface area contributed by atoms with Crippen LogP contribution >= 0.6 is 0 Å². The van der Waals surface area contributed by atoms with Crippen LogP contribution in [0.15, 0.2) is 30.3 Å². The molecule has 1 fully saturated rings. The fourth-order valence-corrected chi connectivity index (χ4v) is 2.33. The molecule has 20 heavy (non-hydrogen) atoms. The van der Waals surface area contributed by atoms with Gasteiger partial charge in [0.25, 0.3) is 0 Å². The molecule has 0 spiro atoms. The second-order valence-corrected chi connectivity index (χ2v) is 6.71. The highest BCUT2D eigenvalue weighted by molar-refractivity contribution is 5.92. The van der Waals surface area contributed by atoms with E-state index in [9.17, 15) is 0 Å². The van der Waals surface area contributed by atoms with Crippen LogP contribution in [0.3, 0.4) is 0 Å². The van der Waals surface area contributed by atoms with Crippen LogP contribution in [0, 0.1) is 0 Å². The van der Waals surface area contributed by atoms with E-state index in [1.54, 1.807) is 0 Å². The molecule has 1 heterocycles. The van der Waals surface area contributed by atoms with E-state index in [2.05, 4.69) is 61.7 Å². The van der Waals surface area contributed by atoms with Crippen LogP contribution in [0.1, 0.15) is 39.3 Å². The summed E-state index contributed by atoms with van der Waals surface area (Å²) in [5.41, 5.74) is 1.13. The smallest absolute Gasteiger partial charge is 0.134 e. The Morgan fingerprint density at radius 1 is 1.20 bits per heavy atom. The molecule has 1 saturated carbocycles. The van der Waals surface area contributed by atoms with Crippen LogP contribution in [-0.4, -0.2) is 16.6 Å². The van der Waals surface area contributed by atoms with Crippen molar-refractivity contribution in [3.8, 4) is 0 Å². The molecule has 1 aromatic carbocycles. The van der Waals surface area contributed by atoms with Crippen molar-refractivity contribution in [2.24, 2.45) is 0 Å². The van der Waals surface area contributed by atoms with Gasteiger partial charge in [0.1, 0.15) is 5.82 Å². The Morgan fingerprint density at radius 2 is 1.95 bits per heavy atom. The summed E-state index contributed by atoms with van der Waals surface area (Å²) >= 11 is 0. The number of anilines is 1. The minimum absolute atomic E-state index is 0.0122. The van der Waals surface area contributed by atoms with Gasteiger partial charge in [-0.25, -0.2) is 4.98 Å². The molecule has 3 nitrogen and oxygen atoms in total. The van der Waals surface area contributed by atoms with E-state index in [1.165, 1.54) is 23.6 Å². The maximum atomic E-state index is 4.81. The maximum absolute atomic E-state index is 4.81. The summed E-state index contributed by atoms with van der Waals surface area (Å²) in [6.07, 6.45) is 2.61. The Morgan fingerprint density at radius 3 is 2.65 bits per heavy atom. The van der Waals surface area contributed by atoms with E-state index in [-0.39, 0.29) is 5.54 Å². The van der Waals surface area contributed by atoms with Crippen molar-refractivity contribution in [2.75, 3.05) is 5.32 Å². The summed E-state index contributed by atoms with van der Waals surface area (Å²) in [6.45, 7) is 7.35. The predicted octanol–water partition coefficient (Wildman–Crippen LogP) is 3.70. The molecule has 1 aliphatic carbocycles. The van der Waals surface area contributed by atoms with E-state index in [1.807, 2.05) is 0 Å². The fraction of sp³-hybridized carbons (Fsp3) is 0.471. The van der Waals surface area contributed by atoms with Gasteiger partial charge in [-0.3, -0.25) is 0 Å². The summed E-state index contributed by atoms with van der Waals surface area (Å²) in [4.78, 5) is 4.81. The van der Waals surface area contributed by atoms with Crippen molar-refractivity contribution in [3.63, 3.8) is 0 Å². The lowest BCUT2D eigenvalue weighted by Crippen LogP contribution is -2.27. The van der Waals surface area contributed by atoms with Crippen molar-refractivity contribution >= 4 is 16.6 Å². The number of nitrogens with zero attached hydrogens (tertiary/aromatic N) is 1. The largest absolute Gasteiger partial charge is 0.365 e. The SMILES string of the molecule is CC(C)(C)Nc1nc(CNC2CC2)cc2ccccc12. The average molecular weight is 269 g/mol. The number of nitrogens with one attached hydrogen (secondary N) is 2. The topological polar surface area (TPSA) is 37.0 Å². The lowest BCUT2D eigenvalue weighted by Gasteiger charge is -2.23. The number of hydrogen-bond donors (Lipinski definition) is 2. The molecule has 1 aromatic heterocycles. The van der Waals surface area contributed by atoms with Crippen LogP contribution in [0.2, 0.25) is 0 Å². The lowest BCUT2D eigenvalue weighted by atomic mass is 10.1. The standard InChI is InChI=1S/C17H23N3/c1-17(2,3)20-16-15-7-5-4-6-12(15)10-14(19-16)11-18-13-8-9-13/h4-7,10,13,18H,8-9,11H2,1-3H3,(H,19,20). The van der Waals surface area contributed by atoms with Gasteiger partial charge >= 0.3 is 0 Å². The summed E-state index contributed by atoms with van der Waals surface area (Å²) in [5, 5.41) is 9.51. The van der Waals surface area contributed by atoms with Gasteiger partial charge in [0, 0.05) is 23.5 Å². The molecular formula is C17H23N3. The first-order valence-electron chi connectivity index (χ1n) is 7.41. The van der Waals surface area contributed by atoms with Crippen molar-refractivity contribution < 1.29 is 0 Å². The Hall–Kier alpha value is -1.61. The van der Waals surface area contributed by atoms with Gasteiger partial charge in [-0.2, -0.15) is 0 Å². The van der Waals surface area contributed by atoms with Crippen LogP contribution in [-0.2, 0) is 6.54 Å². The van der Waals surface area contributed by atoms with Crippen LogP contribution in [0.4, 0.5) is 5.82 Å². The van der Waals surface area contributed by atoms with Gasteiger partial charge in [-0.05, 0) is 45.1 Å². The Labute approximate surface area is 120 Å². The molecule has 0 bridgehead atoms. The number of benzene rings is 1. The highest BCUT2D eigenvalue weighted by Gasteiger charge is 2.20. The molecule has 0 unspecified atom stereocenters. The third kappa shape index (κ3) is 3.28. The van der Waals surface area contributed by atoms with Crippen LogP contribution < -0.4 is 10.6 Å². The Kier molecular flexibility index (Phi) is 3.38. The van der Waals surface area contributed by atoms with Crippen molar-refractivity contribution in [1.82, 2.24) is 10.3 Å². The molecule has 2 aromatic rings. The Balaban J connectivity index is 1.95. The van der Waals surface area contributed by atoms with Crippen molar-refractivity contribution in [2.45, 2.75) is 51.7 Å². The fourth-order valence-electron chi connectivity index (χ4n) is 2.33. The van der Waals surface area contributed by atoms with Gasteiger partial charge in [0.05, 0.1) is 5.69 Å². The van der Waals surface area contributed by atoms with Gasteiger partial charge in [-0.1, -0.05) is 24.3 Å². The van der Waals surface area contributed by atoms with Gasteiger partial charge in [-0.15, -0.1) is 0 Å². The zero-order valence-electron chi connectivity index (χ0n) is 12.5. The highest BCUT2D eigenvalue weighted by atomic mass is 15.1. The molecule has 1 aliphatic rings. The molecule has 0 saturated heterocycles. The van der Waals surface area contributed by atoms with E-state index in [0.717, 1.165) is 18.1 Å². The molecular weight excluding hydrogens is 246 g/mol. The average Bonchev–Trinajstić information content (AvgIpc) is 3.18.